The minimum absolute atomic E-state index is 0.123. The van der Waals surface area contributed by atoms with Crippen molar-refractivity contribution in [1.29, 1.82) is 0 Å². The fourth-order valence-corrected chi connectivity index (χ4v) is 7.29. The van der Waals surface area contributed by atoms with Gasteiger partial charge in [-0.1, -0.05) is 36.4 Å². The normalized spacial score (nSPS) is 17.2. The molecule has 0 saturated carbocycles. The number of carboxylic acids is 1. The topological polar surface area (TPSA) is 62.5 Å². The van der Waals surface area contributed by atoms with E-state index < -0.39 is 15.7 Å². The molecule has 1 atom stereocenters. The lowest BCUT2D eigenvalue weighted by atomic mass is 9.88. The summed E-state index contributed by atoms with van der Waals surface area (Å²) < 4.78 is 31.8. The van der Waals surface area contributed by atoms with E-state index in [4.69, 9.17) is 0 Å². The Balaban J connectivity index is 1.46. The van der Waals surface area contributed by atoms with E-state index in [1.54, 1.807) is 10.6 Å². The van der Waals surface area contributed by atoms with Crippen LogP contribution in [0, 0.1) is 12.7 Å². The summed E-state index contributed by atoms with van der Waals surface area (Å²) in [4.78, 5) is 12.2. The summed E-state index contributed by atoms with van der Waals surface area (Å²) in [7, 11) is -2.67. The maximum atomic E-state index is 14.1. The fourth-order valence-electron chi connectivity index (χ4n) is 5.39. The molecule has 0 amide bonds. The number of piperidine rings is 1. The number of halogens is 1. The molecule has 7 heteroatoms. The van der Waals surface area contributed by atoms with Crippen LogP contribution >= 0.6 is 0 Å². The number of carboxylic acid groups (broad SMARTS) is 1. The van der Waals surface area contributed by atoms with Crippen molar-refractivity contribution in [2.24, 2.45) is 0 Å². The smallest absolute Gasteiger partial charge is 0.323 e. The highest BCUT2D eigenvalue weighted by Crippen LogP contribution is 2.39. The maximum Gasteiger partial charge on any atom is 0.323 e. The predicted octanol–water partition coefficient (Wildman–Crippen LogP) is 5.20. The number of fused-ring (bicyclic) bond motifs is 2. The van der Waals surface area contributed by atoms with Crippen molar-refractivity contribution in [3.63, 3.8) is 0 Å². The van der Waals surface area contributed by atoms with E-state index in [1.807, 2.05) is 53.7 Å². The van der Waals surface area contributed by atoms with Crippen LogP contribution < -0.4 is 0 Å². The molecule has 5 nitrogen and oxygen atoms in total. The summed E-state index contributed by atoms with van der Waals surface area (Å²) in [5.41, 5.74) is 2.58. The summed E-state index contributed by atoms with van der Waals surface area (Å²) in [6, 6.07) is 18.3. The average molecular weight is 479 g/mol. The first-order valence-electron chi connectivity index (χ1n) is 11.4. The van der Waals surface area contributed by atoms with E-state index >= 15 is 0 Å². The van der Waals surface area contributed by atoms with Crippen LogP contribution in [0.4, 0.5) is 4.39 Å². The molecule has 2 heterocycles. The van der Waals surface area contributed by atoms with E-state index in [2.05, 4.69) is 5.87 Å². The molecule has 0 aliphatic carbocycles. The standard InChI is InChI=1S/C27H27FN2O3S/c1-18-27(23-16-21(28)10-11-24(23)30(18)17-26(31)32)20-12-14-29(15-13-20)34(2,33)25-9-5-7-19-6-3-4-8-22(19)25/h3-11,16,20H,2,12-15,17H2,1H3,(H,31,32). The van der Waals surface area contributed by atoms with Crippen molar-refractivity contribution in [2.45, 2.75) is 37.1 Å². The molecule has 176 valence electrons. The Bertz CT molecular complexity index is 1510. The molecule has 34 heavy (non-hydrogen) atoms. The van der Waals surface area contributed by atoms with Crippen LogP contribution in [0.15, 0.2) is 65.6 Å². The molecule has 5 rings (SSSR count). The molecular formula is C27H27FN2O3S. The minimum Gasteiger partial charge on any atom is -0.480 e. The van der Waals surface area contributed by atoms with Gasteiger partial charge in [0.1, 0.15) is 12.4 Å². The van der Waals surface area contributed by atoms with Crippen molar-refractivity contribution in [3.8, 4) is 0 Å². The first-order valence-corrected chi connectivity index (χ1v) is 13.1. The molecule has 1 aliphatic heterocycles. The number of aliphatic carboxylic acids is 1. The molecule has 1 N–H and O–H groups in total. The molecule has 1 aliphatic rings. The van der Waals surface area contributed by atoms with Gasteiger partial charge in [0.15, 0.2) is 0 Å². The van der Waals surface area contributed by atoms with Crippen LogP contribution in [0.5, 0.6) is 0 Å². The fraction of sp³-hybridized carbons (Fsp3) is 0.259. The van der Waals surface area contributed by atoms with Crippen LogP contribution in [-0.2, 0) is 21.0 Å². The molecule has 3 aromatic carbocycles. The van der Waals surface area contributed by atoms with Crippen LogP contribution in [0.3, 0.4) is 0 Å². The van der Waals surface area contributed by atoms with Gasteiger partial charge in [-0.05, 0) is 72.2 Å². The van der Waals surface area contributed by atoms with Crippen LogP contribution in [0.2, 0.25) is 0 Å². The van der Waals surface area contributed by atoms with Crippen LogP contribution in [0.25, 0.3) is 21.7 Å². The number of aromatic nitrogens is 1. The summed E-state index contributed by atoms with van der Waals surface area (Å²) in [5, 5.41) is 12.1. The summed E-state index contributed by atoms with van der Waals surface area (Å²) in [5.74, 6) is 3.02. The number of nitrogens with zero attached hydrogens (tertiary/aromatic N) is 2. The summed E-state index contributed by atoms with van der Waals surface area (Å²) >= 11 is 0. The molecular weight excluding hydrogens is 451 g/mol. The molecule has 1 unspecified atom stereocenters. The third kappa shape index (κ3) is 3.79. The molecule has 4 aromatic rings. The Labute approximate surface area is 198 Å². The average Bonchev–Trinajstić information content (AvgIpc) is 3.08. The Kier molecular flexibility index (Phi) is 5.70. The highest BCUT2D eigenvalue weighted by atomic mass is 32.2. The zero-order valence-corrected chi connectivity index (χ0v) is 19.9. The zero-order chi connectivity index (χ0) is 24.0. The first kappa shape index (κ1) is 22.6. The van der Waals surface area contributed by atoms with Crippen LogP contribution in [-0.4, -0.2) is 43.1 Å². The predicted molar refractivity (Wildman–Crippen MR) is 135 cm³/mol. The van der Waals surface area contributed by atoms with Crippen molar-refractivity contribution in [2.75, 3.05) is 13.1 Å². The van der Waals surface area contributed by atoms with Crippen molar-refractivity contribution >= 4 is 43.2 Å². The largest absolute Gasteiger partial charge is 0.480 e. The second-order valence-electron chi connectivity index (χ2n) is 8.96. The zero-order valence-electron chi connectivity index (χ0n) is 19.0. The van der Waals surface area contributed by atoms with Crippen molar-refractivity contribution in [1.82, 2.24) is 8.87 Å². The molecule has 1 fully saturated rings. The van der Waals surface area contributed by atoms with Gasteiger partial charge < -0.3 is 9.67 Å². The van der Waals surface area contributed by atoms with Crippen LogP contribution in [0.1, 0.15) is 30.0 Å². The second-order valence-corrected chi connectivity index (χ2v) is 11.2. The van der Waals surface area contributed by atoms with Gasteiger partial charge in [-0.25, -0.2) is 12.9 Å². The highest BCUT2D eigenvalue weighted by Gasteiger charge is 2.30. The van der Waals surface area contributed by atoms with Crippen molar-refractivity contribution in [3.05, 3.63) is 77.7 Å². The minimum atomic E-state index is -2.67. The lowest BCUT2D eigenvalue weighted by Crippen LogP contribution is -2.38. The molecule has 0 radical (unpaired) electrons. The monoisotopic (exact) mass is 478 g/mol. The third-order valence-electron chi connectivity index (χ3n) is 7.00. The van der Waals surface area contributed by atoms with Gasteiger partial charge in [0.25, 0.3) is 0 Å². The molecule has 0 bridgehead atoms. The Morgan fingerprint density at radius 2 is 1.79 bits per heavy atom. The Morgan fingerprint density at radius 1 is 1.09 bits per heavy atom. The van der Waals surface area contributed by atoms with Crippen molar-refractivity contribution < 1.29 is 18.5 Å². The van der Waals surface area contributed by atoms with Gasteiger partial charge >= 0.3 is 5.97 Å². The van der Waals surface area contributed by atoms with Gasteiger partial charge in [-0.3, -0.25) is 4.79 Å². The first-order chi connectivity index (χ1) is 16.3. The highest BCUT2D eigenvalue weighted by molar-refractivity contribution is 7.98. The van der Waals surface area contributed by atoms with E-state index in [1.165, 1.54) is 12.1 Å². The third-order valence-corrected chi connectivity index (χ3v) is 9.24. The molecule has 1 aromatic heterocycles. The SMILES string of the molecule is C=S(=O)(c1cccc2ccccc12)N1CCC(c2c(C)n(CC(=O)O)c3ccc(F)cc23)CC1. The number of hydrogen-bond donors (Lipinski definition) is 1. The number of benzene rings is 3. The maximum absolute atomic E-state index is 14.1. The van der Waals surface area contributed by atoms with E-state index in [9.17, 15) is 18.5 Å². The number of rotatable bonds is 5. The van der Waals surface area contributed by atoms with E-state index in [-0.39, 0.29) is 18.3 Å². The van der Waals surface area contributed by atoms with Gasteiger partial charge in [0.05, 0.1) is 14.6 Å². The Hall–Kier alpha value is -3.16. The Morgan fingerprint density at radius 3 is 2.53 bits per heavy atom. The number of carbonyl (C=O) groups is 1. The van der Waals surface area contributed by atoms with Gasteiger partial charge in [0, 0.05) is 29.7 Å². The van der Waals surface area contributed by atoms with Gasteiger partial charge in [-0.2, -0.15) is 0 Å². The molecule has 0 spiro atoms. The summed E-state index contributed by atoms with van der Waals surface area (Å²) in [6.07, 6.45) is 1.47. The van der Waals surface area contributed by atoms with E-state index in [0.29, 0.717) is 13.1 Å². The quantitative estimate of drug-likeness (QED) is 0.401. The second kappa shape index (κ2) is 8.56. The molecule has 1 saturated heterocycles. The summed E-state index contributed by atoms with van der Waals surface area (Å²) in [6.45, 7) is 2.93. The van der Waals surface area contributed by atoms with Gasteiger partial charge in [-0.15, -0.1) is 0 Å². The number of hydrogen-bond acceptors (Lipinski definition) is 2. The lowest BCUT2D eigenvalue weighted by molar-refractivity contribution is -0.137. The van der Waals surface area contributed by atoms with E-state index in [0.717, 1.165) is 50.7 Å². The van der Waals surface area contributed by atoms with Gasteiger partial charge in [0.2, 0.25) is 0 Å². The lowest BCUT2D eigenvalue weighted by Gasteiger charge is -2.34.